The minimum Gasteiger partial charge on any atom is -0.436 e. The van der Waals surface area contributed by atoms with Crippen LogP contribution in [0.2, 0.25) is 0 Å². The van der Waals surface area contributed by atoms with Crippen molar-refractivity contribution < 1.29 is 17.2 Å². The zero-order chi connectivity index (χ0) is 23.5. The van der Waals surface area contributed by atoms with Crippen LogP contribution in [0.15, 0.2) is 53.1 Å². The Bertz CT molecular complexity index is 1340. The van der Waals surface area contributed by atoms with Crippen LogP contribution in [0.5, 0.6) is 0 Å². The summed E-state index contributed by atoms with van der Waals surface area (Å²) in [6.07, 6.45) is 6.28. The normalized spacial score (nSPS) is 27.7. The van der Waals surface area contributed by atoms with Crippen molar-refractivity contribution in [2.45, 2.75) is 44.6 Å². The van der Waals surface area contributed by atoms with Crippen LogP contribution in [0, 0.1) is 17.7 Å². The molecule has 2 aromatic carbocycles. The first-order chi connectivity index (χ1) is 16.4. The van der Waals surface area contributed by atoms with Crippen LogP contribution in [0.1, 0.15) is 37.3 Å². The van der Waals surface area contributed by atoms with E-state index in [1.807, 2.05) is 13.0 Å². The molecule has 2 fully saturated rings. The molecule has 8 heteroatoms. The van der Waals surface area contributed by atoms with Crippen molar-refractivity contribution in [2.75, 3.05) is 13.1 Å². The summed E-state index contributed by atoms with van der Waals surface area (Å²) < 4.78 is 49.8. The SMILES string of the molecule is CCCN1C[C@]2(NS1(=O)=O)[C@@H]1CC[C@H]2Cc2ccc(-c3ncc(-c4ccc(F)cc4)o3)cc2C1. The smallest absolute Gasteiger partial charge is 0.280 e. The zero-order valence-corrected chi connectivity index (χ0v) is 19.9. The molecule has 1 N–H and O–H groups in total. The summed E-state index contributed by atoms with van der Waals surface area (Å²) in [5.41, 5.74) is 3.83. The zero-order valence-electron chi connectivity index (χ0n) is 19.1. The van der Waals surface area contributed by atoms with E-state index < -0.39 is 10.2 Å². The second kappa shape index (κ2) is 8.00. The number of nitrogens with one attached hydrogen (secondary N) is 1. The maximum Gasteiger partial charge on any atom is 0.280 e. The van der Waals surface area contributed by atoms with Gasteiger partial charge in [-0.1, -0.05) is 13.0 Å². The Hall–Kier alpha value is -2.55. The van der Waals surface area contributed by atoms with E-state index in [0.717, 1.165) is 43.2 Å². The van der Waals surface area contributed by atoms with Crippen molar-refractivity contribution >= 4 is 10.2 Å². The van der Waals surface area contributed by atoms with Crippen molar-refractivity contribution in [1.29, 1.82) is 0 Å². The highest BCUT2D eigenvalue weighted by Gasteiger charge is 2.59. The van der Waals surface area contributed by atoms with Gasteiger partial charge in [-0.25, -0.2) is 9.37 Å². The number of halogens is 1. The minimum atomic E-state index is -3.43. The number of fused-ring (bicyclic) bond motifs is 1. The molecule has 3 atom stereocenters. The van der Waals surface area contributed by atoms with Crippen molar-refractivity contribution in [3.63, 3.8) is 0 Å². The van der Waals surface area contributed by atoms with E-state index in [9.17, 15) is 12.8 Å². The molecule has 34 heavy (non-hydrogen) atoms. The molecule has 2 aliphatic carbocycles. The fraction of sp³-hybridized carbons (Fsp3) is 0.423. The Labute approximate surface area is 199 Å². The Morgan fingerprint density at radius 2 is 1.79 bits per heavy atom. The topological polar surface area (TPSA) is 75.4 Å². The van der Waals surface area contributed by atoms with Crippen molar-refractivity contribution in [3.8, 4) is 22.8 Å². The lowest BCUT2D eigenvalue weighted by atomic mass is 9.79. The van der Waals surface area contributed by atoms with Gasteiger partial charge in [-0.2, -0.15) is 17.4 Å². The molecule has 178 valence electrons. The second-order valence-electron chi connectivity index (χ2n) is 9.88. The van der Waals surface area contributed by atoms with Crippen LogP contribution in [0.3, 0.4) is 0 Å². The third-order valence-electron chi connectivity index (χ3n) is 7.91. The van der Waals surface area contributed by atoms with Gasteiger partial charge in [0.2, 0.25) is 5.89 Å². The quantitative estimate of drug-likeness (QED) is 0.592. The van der Waals surface area contributed by atoms with Gasteiger partial charge in [0, 0.05) is 24.2 Å². The predicted molar refractivity (Wildman–Crippen MR) is 128 cm³/mol. The van der Waals surface area contributed by atoms with Crippen LogP contribution in [-0.2, 0) is 23.1 Å². The second-order valence-corrected chi connectivity index (χ2v) is 11.6. The molecular weight excluding hydrogens is 453 g/mol. The first-order valence-corrected chi connectivity index (χ1v) is 13.4. The van der Waals surface area contributed by atoms with Gasteiger partial charge in [0.1, 0.15) is 5.82 Å². The molecule has 1 saturated carbocycles. The first-order valence-electron chi connectivity index (χ1n) is 12.0. The molecule has 1 saturated heterocycles. The molecule has 1 aliphatic heterocycles. The molecule has 3 aliphatic rings. The van der Waals surface area contributed by atoms with E-state index in [0.29, 0.717) is 30.7 Å². The summed E-state index contributed by atoms with van der Waals surface area (Å²) in [7, 11) is -3.43. The fourth-order valence-electron chi connectivity index (χ4n) is 6.24. The number of benzene rings is 2. The highest BCUT2D eigenvalue weighted by atomic mass is 32.2. The number of oxazole rings is 1. The summed E-state index contributed by atoms with van der Waals surface area (Å²) in [5, 5.41) is 0. The predicted octanol–water partition coefficient (Wildman–Crippen LogP) is 4.57. The molecule has 6 nitrogen and oxygen atoms in total. The van der Waals surface area contributed by atoms with Crippen LogP contribution in [0.4, 0.5) is 4.39 Å². The first kappa shape index (κ1) is 21.9. The number of hydrogen-bond acceptors (Lipinski definition) is 4. The van der Waals surface area contributed by atoms with Crippen molar-refractivity contribution in [2.24, 2.45) is 11.8 Å². The number of rotatable bonds is 4. The Morgan fingerprint density at radius 3 is 2.53 bits per heavy atom. The molecule has 3 aromatic rings. The average molecular weight is 482 g/mol. The van der Waals surface area contributed by atoms with Crippen LogP contribution >= 0.6 is 0 Å². The highest BCUT2D eigenvalue weighted by Crippen LogP contribution is 2.50. The van der Waals surface area contributed by atoms with E-state index >= 15 is 0 Å². The molecule has 6 rings (SSSR count). The maximum atomic E-state index is 13.3. The van der Waals surface area contributed by atoms with Gasteiger partial charge in [-0.3, -0.25) is 0 Å². The average Bonchev–Trinajstić information content (AvgIpc) is 3.45. The Morgan fingerprint density at radius 1 is 1.09 bits per heavy atom. The lowest BCUT2D eigenvalue weighted by Crippen LogP contribution is -2.52. The van der Waals surface area contributed by atoms with Crippen LogP contribution in [0.25, 0.3) is 22.8 Å². The van der Waals surface area contributed by atoms with Gasteiger partial charge in [0.25, 0.3) is 10.2 Å². The van der Waals surface area contributed by atoms with Gasteiger partial charge in [0.15, 0.2) is 5.76 Å². The largest absolute Gasteiger partial charge is 0.436 e. The van der Waals surface area contributed by atoms with E-state index in [4.69, 9.17) is 4.42 Å². The molecule has 1 aromatic heterocycles. The monoisotopic (exact) mass is 481 g/mol. The van der Waals surface area contributed by atoms with Crippen molar-refractivity contribution in [1.82, 2.24) is 14.0 Å². The molecular formula is C26H28FN3O3S. The summed E-state index contributed by atoms with van der Waals surface area (Å²) in [6, 6.07) is 12.5. The number of aromatic nitrogens is 1. The van der Waals surface area contributed by atoms with Crippen LogP contribution < -0.4 is 4.72 Å². The Balaban J connectivity index is 1.30. The highest BCUT2D eigenvalue weighted by molar-refractivity contribution is 7.87. The number of hydrogen-bond donors (Lipinski definition) is 1. The molecule has 2 heterocycles. The molecule has 1 spiro atoms. The van der Waals surface area contributed by atoms with E-state index in [1.54, 1.807) is 22.6 Å². The van der Waals surface area contributed by atoms with Crippen molar-refractivity contribution in [3.05, 3.63) is 65.6 Å². The third-order valence-corrected chi connectivity index (χ3v) is 9.54. The summed E-state index contributed by atoms with van der Waals surface area (Å²) >= 11 is 0. The Kier molecular flexibility index (Phi) is 5.17. The summed E-state index contributed by atoms with van der Waals surface area (Å²) in [4.78, 5) is 4.47. The van der Waals surface area contributed by atoms with Gasteiger partial charge in [-0.15, -0.1) is 0 Å². The summed E-state index contributed by atoms with van der Waals surface area (Å²) in [6.45, 7) is 3.15. The molecule has 2 bridgehead atoms. The summed E-state index contributed by atoms with van der Waals surface area (Å²) in [5.74, 6) is 1.41. The molecule has 0 amide bonds. The van der Waals surface area contributed by atoms with E-state index in [-0.39, 0.29) is 17.3 Å². The molecule has 0 unspecified atom stereocenters. The van der Waals surface area contributed by atoms with Crippen LogP contribution in [-0.4, -0.2) is 36.3 Å². The lowest BCUT2D eigenvalue weighted by Gasteiger charge is -2.33. The lowest BCUT2D eigenvalue weighted by molar-refractivity contribution is 0.213. The number of nitrogens with zero attached hydrogens (tertiary/aromatic N) is 2. The van der Waals surface area contributed by atoms with E-state index in [2.05, 4.69) is 21.8 Å². The van der Waals surface area contributed by atoms with Gasteiger partial charge >= 0.3 is 0 Å². The minimum absolute atomic E-state index is 0.268. The van der Waals surface area contributed by atoms with Gasteiger partial charge < -0.3 is 4.42 Å². The standard InChI is InChI=1S/C26H28FN3O3S/c1-2-11-30-16-26(29-34(30,31)32)21-7-8-22(26)14-20-12-19(4-3-18(20)13-21)25-28-15-24(33-25)17-5-9-23(27)10-6-17/h3-6,9-10,12,15,21-22,29H,2,7-8,11,13-14,16H2,1H3/t21-,22+,26+/m0/s1. The molecule has 0 radical (unpaired) electrons. The third kappa shape index (κ3) is 3.51. The fourth-order valence-corrected chi connectivity index (χ4v) is 8.05. The van der Waals surface area contributed by atoms with Gasteiger partial charge in [-0.05, 0) is 91.5 Å². The van der Waals surface area contributed by atoms with E-state index in [1.165, 1.54) is 23.3 Å². The van der Waals surface area contributed by atoms with Gasteiger partial charge in [0.05, 0.1) is 11.7 Å². The maximum absolute atomic E-state index is 13.3.